The Kier molecular flexibility index (Phi) is 3.57. The van der Waals surface area contributed by atoms with E-state index in [1.807, 2.05) is 0 Å². The summed E-state index contributed by atoms with van der Waals surface area (Å²) in [6, 6.07) is 1.38. The Balaban J connectivity index is 2.08. The molecule has 1 aliphatic carbocycles. The van der Waals surface area contributed by atoms with E-state index in [4.69, 9.17) is 5.73 Å². The molecule has 3 heteroatoms. The van der Waals surface area contributed by atoms with E-state index in [2.05, 4.69) is 30.7 Å². The number of hydrogen-bond donors (Lipinski definition) is 1. The van der Waals surface area contributed by atoms with Crippen molar-refractivity contribution >= 4 is 0 Å². The SMILES string of the molecule is CN1CC(CN)N(C2CCCC2)CC1(C)C. The maximum atomic E-state index is 5.94. The van der Waals surface area contributed by atoms with Crippen molar-refractivity contribution in [1.82, 2.24) is 9.80 Å². The van der Waals surface area contributed by atoms with Crippen LogP contribution in [0.3, 0.4) is 0 Å². The minimum Gasteiger partial charge on any atom is -0.329 e. The molecule has 2 aliphatic rings. The molecule has 0 spiro atoms. The van der Waals surface area contributed by atoms with E-state index in [1.54, 1.807) is 0 Å². The van der Waals surface area contributed by atoms with Gasteiger partial charge in [0.2, 0.25) is 0 Å². The molecule has 2 rings (SSSR count). The van der Waals surface area contributed by atoms with Crippen LogP contribution in [0.25, 0.3) is 0 Å². The Morgan fingerprint density at radius 2 is 1.88 bits per heavy atom. The van der Waals surface area contributed by atoms with Crippen LogP contribution in [0.4, 0.5) is 0 Å². The second-order valence-electron chi connectivity index (χ2n) is 6.19. The summed E-state index contributed by atoms with van der Waals surface area (Å²) in [7, 11) is 2.23. The van der Waals surface area contributed by atoms with Crippen molar-refractivity contribution in [1.29, 1.82) is 0 Å². The smallest absolute Gasteiger partial charge is 0.0349 e. The first-order valence-corrected chi connectivity index (χ1v) is 6.71. The topological polar surface area (TPSA) is 32.5 Å². The lowest BCUT2D eigenvalue weighted by Gasteiger charge is -2.51. The van der Waals surface area contributed by atoms with Crippen LogP contribution in [-0.2, 0) is 0 Å². The summed E-state index contributed by atoms with van der Waals surface area (Å²) in [5.74, 6) is 0. The van der Waals surface area contributed by atoms with Crippen LogP contribution in [0.1, 0.15) is 39.5 Å². The van der Waals surface area contributed by atoms with Crippen molar-refractivity contribution in [2.75, 3.05) is 26.7 Å². The van der Waals surface area contributed by atoms with Crippen molar-refractivity contribution in [3.63, 3.8) is 0 Å². The van der Waals surface area contributed by atoms with Crippen molar-refractivity contribution in [2.24, 2.45) is 5.73 Å². The largest absolute Gasteiger partial charge is 0.329 e. The fourth-order valence-electron chi connectivity index (χ4n) is 3.24. The van der Waals surface area contributed by atoms with Gasteiger partial charge in [0, 0.05) is 37.3 Å². The van der Waals surface area contributed by atoms with Crippen LogP contribution in [0.15, 0.2) is 0 Å². The maximum Gasteiger partial charge on any atom is 0.0349 e. The third-order valence-corrected chi connectivity index (χ3v) is 4.62. The van der Waals surface area contributed by atoms with Gasteiger partial charge in [-0.25, -0.2) is 0 Å². The minimum atomic E-state index is 0.300. The van der Waals surface area contributed by atoms with Gasteiger partial charge in [-0.15, -0.1) is 0 Å². The minimum absolute atomic E-state index is 0.300. The quantitative estimate of drug-likeness (QED) is 0.768. The predicted octanol–water partition coefficient (Wildman–Crippen LogP) is 1.28. The molecule has 0 aromatic heterocycles. The van der Waals surface area contributed by atoms with Gasteiger partial charge in [-0.3, -0.25) is 9.80 Å². The summed E-state index contributed by atoms with van der Waals surface area (Å²) < 4.78 is 0. The molecule has 3 nitrogen and oxygen atoms in total. The summed E-state index contributed by atoms with van der Waals surface area (Å²) >= 11 is 0. The second-order valence-corrected chi connectivity index (χ2v) is 6.19. The highest BCUT2D eigenvalue weighted by molar-refractivity contribution is 4.97. The number of hydrogen-bond acceptors (Lipinski definition) is 3. The number of nitrogens with zero attached hydrogens (tertiary/aromatic N) is 2. The molecule has 1 unspecified atom stereocenters. The molecule has 1 atom stereocenters. The van der Waals surface area contributed by atoms with E-state index < -0.39 is 0 Å². The molecule has 0 aromatic carbocycles. The van der Waals surface area contributed by atoms with Crippen molar-refractivity contribution in [3.05, 3.63) is 0 Å². The van der Waals surface area contributed by atoms with Gasteiger partial charge in [0.15, 0.2) is 0 Å². The van der Waals surface area contributed by atoms with Gasteiger partial charge in [0.05, 0.1) is 0 Å². The highest BCUT2D eigenvalue weighted by Gasteiger charge is 2.39. The Bertz CT molecular complexity index is 233. The van der Waals surface area contributed by atoms with Gasteiger partial charge >= 0.3 is 0 Å². The molecule has 2 N–H and O–H groups in total. The van der Waals surface area contributed by atoms with Crippen LogP contribution in [0.2, 0.25) is 0 Å². The van der Waals surface area contributed by atoms with Gasteiger partial charge in [0.25, 0.3) is 0 Å². The summed E-state index contributed by atoms with van der Waals surface area (Å²) in [4.78, 5) is 5.17. The number of likely N-dealkylation sites (N-methyl/N-ethyl adjacent to an activating group) is 1. The Hall–Kier alpha value is -0.120. The molecule has 0 radical (unpaired) electrons. The van der Waals surface area contributed by atoms with Crippen LogP contribution in [-0.4, -0.2) is 54.1 Å². The third kappa shape index (κ3) is 2.27. The number of piperazine rings is 1. The Morgan fingerprint density at radius 1 is 1.25 bits per heavy atom. The lowest BCUT2D eigenvalue weighted by molar-refractivity contribution is -0.0202. The van der Waals surface area contributed by atoms with Gasteiger partial charge in [-0.05, 0) is 33.7 Å². The fraction of sp³-hybridized carbons (Fsp3) is 1.00. The van der Waals surface area contributed by atoms with E-state index in [0.29, 0.717) is 11.6 Å². The fourth-order valence-corrected chi connectivity index (χ4v) is 3.24. The lowest BCUT2D eigenvalue weighted by atomic mass is 9.94. The van der Waals surface area contributed by atoms with Gasteiger partial charge in [-0.1, -0.05) is 12.8 Å². The van der Waals surface area contributed by atoms with Crippen LogP contribution >= 0.6 is 0 Å². The van der Waals surface area contributed by atoms with E-state index >= 15 is 0 Å². The first-order chi connectivity index (χ1) is 7.54. The first-order valence-electron chi connectivity index (χ1n) is 6.71. The van der Waals surface area contributed by atoms with Gasteiger partial charge in [0.1, 0.15) is 0 Å². The highest BCUT2D eigenvalue weighted by Crippen LogP contribution is 2.30. The second kappa shape index (κ2) is 4.63. The average molecular weight is 225 g/mol. The predicted molar refractivity (Wildman–Crippen MR) is 68.5 cm³/mol. The summed E-state index contributed by atoms with van der Waals surface area (Å²) in [5, 5.41) is 0. The van der Waals surface area contributed by atoms with E-state index in [0.717, 1.165) is 19.1 Å². The van der Waals surface area contributed by atoms with E-state index in [-0.39, 0.29) is 0 Å². The molecule has 16 heavy (non-hydrogen) atoms. The summed E-state index contributed by atoms with van der Waals surface area (Å²) in [6.07, 6.45) is 5.59. The van der Waals surface area contributed by atoms with Crippen LogP contribution in [0.5, 0.6) is 0 Å². The molecule has 0 aromatic rings. The molecule has 1 saturated carbocycles. The number of rotatable bonds is 2. The Labute approximate surface area is 100.0 Å². The molecule has 1 saturated heterocycles. The highest BCUT2D eigenvalue weighted by atomic mass is 15.3. The third-order valence-electron chi connectivity index (χ3n) is 4.62. The zero-order valence-corrected chi connectivity index (χ0v) is 11.1. The zero-order valence-electron chi connectivity index (χ0n) is 11.1. The number of nitrogens with two attached hydrogens (primary N) is 1. The molecule has 0 amide bonds. The van der Waals surface area contributed by atoms with Gasteiger partial charge < -0.3 is 5.73 Å². The summed E-state index contributed by atoms with van der Waals surface area (Å²) in [5.41, 5.74) is 6.24. The standard InChI is InChI=1S/C13H27N3/c1-13(2)10-16(11-6-4-5-7-11)12(8-14)9-15(13)3/h11-12H,4-10,14H2,1-3H3. The zero-order chi connectivity index (χ0) is 11.8. The summed E-state index contributed by atoms with van der Waals surface area (Å²) in [6.45, 7) is 7.80. The first kappa shape index (κ1) is 12.3. The molecule has 94 valence electrons. The van der Waals surface area contributed by atoms with Crippen molar-refractivity contribution in [3.8, 4) is 0 Å². The van der Waals surface area contributed by atoms with Crippen molar-refractivity contribution in [2.45, 2.75) is 57.2 Å². The van der Waals surface area contributed by atoms with Gasteiger partial charge in [-0.2, -0.15) is 0 Å². The molecule has 1 heterocycles. The monoisotopic (exact) mass is 225 g/mol. The maximum absolute atomic E-state index is 5.94. The molecule has 1 aliphatic heterocycles. The lowest BCUT2D eigenvalue weighted by Crippen LogP contribution is -2.65. The van der Waals surface area contributed by atoms with E-state index in [9.17, 15) is 0 Å². The normalized spacial score (nSPS) is 33.4. The molecular formula is C13H27N3. The van der Waals surface area contributed by atoms with Crippen LogP contribution < -0.4 is 5.73 Å². The Morgan fingerprint density at radius 3 is 2.44 bits per heavy atom. The van der Waals surface area contributed by atoms with Crippen molar-refractivity contribution < 1.29 is 0 Å². The van der Waals surface area contributed by atoms with E-state index in [1.165, 1.54) is 32.2 Å². The molecule has 2 fully saturated rings. The molecular weight excluding hydrogens is 198 g/mol. The molecule has 0 bridgehead atoms. The average Bonchev–Trinajstić information content (AvgIpc) is 2.74. The van der Waals surface area contributed by atoms with Crippen LogP contribution in [0, 0.1) is 0 Å².